The fourth-order valence-corrected chi connectivity index (χ4v) is 4.97. The van der Waals surface area contributed by atoms with Crippen LogP contribution in [0.3, 0.4) is 0 Å². The molecule has 4 rings (SSSR count). The lowest BCUT2D eigenvalue weighted by Gasteiger charge is -2.28. The first kappa shape index (κ1) is 14.1. The Morgan fingerprint density at radius 1 is 1.09 bits per heavy atom. The Labute approximate surface area is 134 Å². The molecular formula is C17H19N3OS. The predicted molar refractivity (Wildman–Crippen MR) is 90.3 cm³/mol. The maximum atomic E-state index is 12.0. The highest BCUT2D eigenvalue weighted by Gasteiger charge is 2.43. The molecule has 2 heterocycles. The second-order valence-corrected chi connectivity index (χ2v) is 7.13. The third-order valence-electron chi connectivity index (χ3n) is 4.62. The van der Waals surface area contributed by atoms with Gasteiger partial charge in [0, 0.05) is 17.2 Å². The standard InChI is InChI=1S/C17H19N3OS/c1-10-15-16(22-9-14(21)18-17(15)20-19-10)13-8-4-6-11-5-2-3-7-12(11)13/h2-8,10,15-17,19-20H,9H2,1H3,(H,18,21). The number of benzene rings is 2. The fraction of sp³-hybridized carbons (Fsp3) is 0.353. The first-order valence-electron chi connectivity index (χ1n) is 7.64. The van der Waals surface area contributed by atoms with Crippen LogP contribution in [0.5, 0.6) is 0 Å². The summed E-state index contributed by atoms with van der Waals surface area (Å²) in [4.78, 5) is 12.0. The normalized spacial score (nSPS) is 31.6. The van der Waals surface area contributed by atoms with Crippen molar-refractivity contribution in [1.29, 1.82) is 0 Å². The zero-order valence-corrected chi connectivity index (χ0v) is 13.2. The van der Waals surface area contributed by atoms with E-state index in [9.17, 15) is 4.79 Å². The van der Waals surface area contributed by atoms with Gasteiger partial charge in [0.15, 0.2) is 0 Å². The Morgan fingerprint density at radius 2 is 1.91 bits per heavy atom. The summed E-state index contributed by atoms with van der Waals surface area (Å²) in [5, 5.41) is 5.91. The van der Waals surface area contributed by atoms with Gasteiger partial charge in [0.05, 0.1) is 11.9 Å². The molecule has 0 radical (unpaired) electrons. The van der Waals surface area contributed by atoms with Crippen molar-refractivity contribution in [2.45, 2.75) is 24.4 Å². The van der Waals surface area contributed by atoms with E-state index in [-0.39, 0.29) is 17.3 Å². The molecular weight excluding hydrogens is 294 g/mol. The number of carbonyl (C=O) groups excluding carboxylic acids is 1. The topological polar surface area (TPSA) is 53.2 Å². The average molecular weight is 313 g/mol. The molecule has 0 bridgehead atoms. The van der Waals surface area contributed by atoms with Crippen molar-refractivity contribution in [1.82, 2.24) is 16.2 Å². The van der Waals surface area contributed by atoms with Gasteiger partial charge in [0.25, 0.3) is 0 Å². The van der Waals surface area contributed by atoms with Crippen molar-refractivity contribution in [2.75, 3.05) is 5.75 Å². The van der Waals surface area contributed by atoms with Gasteiger partial charge in [-0.05, 0) is 23.3 Å². The number of fused-ring (bicyclic) bond motifs is 2. The molecule has 0 aliphatic carbocycles. The summed E-state index contributed by atoms with van der Waals surface area (Å²) < 4.78 is 0. The van der Waals surface area contributed by atoms with Gasteiger partial charge in [-0.3, -0.25) is 10.2 Å². The van der Waals surface area contributed by atoms with E-state index in [4.69, 9.17) is 0 Å². The highest BCUT2D eigenvalue weighted by atomic mass is 32.2. The molecule has 2 aromatic carbocycles. The molecule has 2 aromatic rings. The van der Waals surface area contributed by atoms with E-state index >= 15 is 0 Å². The van der Waals surface area contributed by atoms with Crippen LogP contribution in [0, 0.1) is 5.92 Å². The second-order valence-electron chi connectivity index (χ2n) is 6.00. The molecule has 4 unspecified atom stereocenters. The van der Waals surface area contributed by atoms with Crippen molar-refractivity contribution in [2.24, 2.45) is 5.92 Å². The molecule has 2 saturated heterocycles. The number of hydrazine groups is 1. The number of thioether (sulfide) groups is 1. The monoisotopic (exact) mass is 313 g/mol. The number of hydrogen-bond donors (Lipinski definition) is 3. The van der Waals surface area contributed by atoms with Crippen LogP contribution in [0.15, 0.2) is 42.5 Å². The van der Waals surface area contributed by atoms with Gasteiger partial charge in [0.1, 0.15) is 0 Å². The molecule has 4 atom stereocenters. The zero-order chi connectivity index (χ0) is 15.1. The van der Waals surface area contributed by atoms with Crippen LogP contribution in [0.1, 0.15) is 17.7 Å². The lowest BCUT2D eigenvalue weighted by molar-refractivity contribution is -0.119. The smallest absolute Gasteiger partial charge is 0.231 e. The molecule has 2 aliphatic rings. The van der Waals surface area contributed by atoms with Crippen LogP contribution in [0.4, 0.5) is 0 Å². The third kappa shape index (κ3) is 2.29. The summed E-state index contributed by atoms with van der Waals surface area (Å²) in [6.07, 6.45) is -0.0125. The summed E-state index contributed by atoms with van der Waals surface area (Å²) >= 11 is 1.75. The van der Waals surface area contributed by atoms with Gasteiger partial charge >= 0.3 is 0 Å². The Kier molecular flexibility index (Phi) is 3.56. The molecule has 4 nitrogen and oxygen atoms in total. The summed E-state index contributed by atoms with van der Waals surface area (Å²) in [5.74, 6) is 0.934. The number of nitrogens with one attached hydrogen (secondary N) is 3. The van der Waals surface area contributed by atoms with E-state index in [0.29, 0.717) is 17.7 Å². The van der Waals surface area contributed by atoms with Gasteiger partial charge in [-0.2, -0.15) is 0 Å². The number of rotatable bonds is 1. The quantitative estimate of drug-likeness (QED) is 0.755. The third-order valence-corrected chi connectivity index (χ3v) is 5.97. The number of amides is 1. The predicted octanol–water partition coefficient (Wildman–Crippen LogP) is 2.18. The molecule has 22 heavy (non-hydrogen) atoms. The molecule has 3 N–H and O–H groups in total. The Morgan fingerprint density at radius 3 is 2.82 bits per heavy atom. The minimum Gasteiger partial charge on any atom is -0.338 e. The fourth-order valence-electron chi connectivity index (χ4n) is 3.56. The Balaban J connectivity index is 1.83. The Bertz CT molecular complexity index is 715. The van der Waals surface area contributed by atoms with Crippen molar-refractivity contribution >= 4 is 28.4 Å². The van der Waals surface area contributed by atoms with E-state index in [2.05, 4.69) is 65.6 Å². The van der Waals surface area contributed by atoms with Crippen LogP contribution in [0.2, 0.25) is 0 Å². The largest absolute Gasteiger partial charge is 0.338 e. The number of carbonyl (C=O) groups is 1. The van der Waals surface area contributed by atoms with Crippen LogP contribution in [0.25, 0.3) is 10.8 Å². The molecule has 0 saturated carbocycles. The van der Waals surface area contributed by atoms with Crippen LogP contribution in [-0.2, 0) is 4.79 Å². The minimum absolute atomic E-state index is 0.0125. The van der Waals surface area contributed by atoms with E-state index in [1.54, 1.807) is 11.8 Å². The van der Waals surface area contributed by atoms with Crippen molar-refractivity contribution in [3.8, 4) is 0 Å². The highest BCUT2D eigenvalue weighted by Crippen LogP contribution is 2.44. The van der Waals surface area contributed by atoms with Crippen molar-refractivity contribution < 1.29 is 4.79 Å². The molecule has 114 valence electrons. The lowest BCUT2D eigenvalue weighted by atomic mass is 9.89. The summed E-state index contributed by atoms with van der Waals surface area (Å²) in [6, 6.07) is 15.3. The molecule has 1 amide bonds. The van der Waals surface area contributed by atoms with Crippen LogP contribution < -0.4 is 16.2 Å². The van der Waals surface area contributed by atoms with E-state index in [0.717, 1.165) is 0 Å². The highest BCUT2D eigenvalue weighted by molar-refractivity contribution is 8.00. The van der Waals surface area contributed by atoms with E-state index in [1.165, 1.54) is 16.3 Å². The molecule has 0 aromatic heterocycles. The maximum Gasteiger partial charge on any atom is 0.231 e. The van der Waals surface area contributed by atoms with Gasteiger partial charge in [-0.25, -0.2) is 5.43 Å². The number of hydrogen-bond acceptors (Lipinski definition) is 4. The second kappa shape index (κ2) is 5.57. The minimum atomic E-state index is -0.0125. The molecule has 5 heteroatoms. The summed E-state index contributed by atoms with van der Waals surface area (Å²) in [5.41, 5.74) is 7.84. The maximum absolute atomic E-state index is 12.0. The SMILES string of the molecule is CC1NNC2NC(=O)CSC(c3cccc4ccccc34)C12. The van der Waals surface area contributed by atoms with Crippen LogP contribution in [-0.4, -0.2) is 23.9 Å². The van der Waals surface area contributed by atoms with Crippen molar-refractivity contribution in [3.63, 3.8) is 0 Å². The van der Waals surface area contributed by atoms with Gasteiger partial charge < -0.3 is 5.32 Å². The lowest BCUT2D eigenvalue weighted by Crippen LogP contribution is -2.46. The first-order chi connectivity index (χ1) is 10.7. The average Bonchev–Trinajstić information content (AvgIpc) is 2.79. The molecule has 2 fully saturated rings. The van der Waals surface area contributed by atoms with Crippen LogP contribution >= 0.6 is 11.8 Å². The summed E-state index contributed by atoms with van der Waals surface area (Å²) in [6.45, 7) is 2.17. The molecule has 2 aliphatic heterocycles. The summed E-state index contributed by atoms with van der Waals surface area (Å²) in [7, 11) is 0. The first-order valence-corrected chi connectivity index (χ1v) is 8.68. The van der Waals surface area contributed by atoms with Gasteiger partial charge in [-0.1, -0.05) is 42.5 Å². The van der Waals surface area contributed by atoms with Gasteiger partial charge in [0.2, 0.25) is 5.91 Å². The molecule has 0 spiro atoms. The van der Waals surface area contributed by atoms with Crippen molar-refractivity contribution in [3.05, 3.63) is 48.0 Å². The Hall–Kier alpha value is -1.56. The van der Waals surface area contributed by atoms with Gasteiger partial charge in [-0.15, -0.1) is 11.8 Å². The zero-order valence-electron chi connectivity index (χ0n) is 12.4. The van der Waals surface area contributed by atoms with E-state index < -0.39 is 0 Å². The van der Waals surface area contributed by atoms with E-state index in [1.807, 2.05) is 0 Å².